The summed E-state index contributed by atoms with van der Waals surface area (Å²) in [5.74, 6) is 1.74. The van der Waals surface area contributed by atoms with E-state index in [2.05, 4.69) is 16.0 Å². The van der Waals surface area contributed by atoms with Gasteiger partial charge in [-0.3, -0.25) is 4.79 Å². The number of nitrogens with zero attached hydrogens (tertiary/aromatic N) is 3. The van der Waals surface area contributed by atoms with E-state index in [9.17, 15) is 4.79 Å². The SMILES string of the molecule is COc1ccc(CN(C(=O)c2cnc(C(C)C)nc2)C(C)C)c2ccccc12. The average molecular weight is 377 g/mol. The maximum absolute atomic E-state index is 13.2. The van der Waals surface area contributed by atoms with Crippen molar-refractivity contribution in [3.63, 3.8) is 0 Å². The smallest absolute Gasteiger partial charge is 0.257 e. The van der Waals surface area contributed by atoms with E-state index < -0.39 is 0 Å². The fourth-order valence-electron chi connectivity index (χ4n) is 3.23. The van der Waals surface area contributed by atoms with E-state index in [0.29, 0.717) is 12.1 Å². The third-order valence-electron chi connectivity index (χ3n) is 4.85. The van der Waals surface area contributed by atoms with Gasteiger partial charge in [-0.15, -0.1) is 0 Å². The first-order valence-electron chi connectivity index (χ1n) is 9.60. The lowest BCUT2D eigenvalue weighted by Crippen LogP contribution is -2.36. The van der Waals surface area contributed by atoms with Crippen LogP contribution in [0.1, 0.15) is 55.4 Å². The molecule has 5 heteroatoms. The zero-order valence-electron chi connectivity index (χ0n) is 17.1. The van der Waals surface area contributed by atoms with Gasteiger partial charge in [-0.05, 0) is 30.9 Å². The molecule has 0 aliphatic heterocycles. The van der Waals surface area contributed by atoms with Crippen LogP contribution >= 0.6 is 0 Å². The van der Waals surface area contributed by atoms with E-state index in [1.165, 1.54) is 0 Å². The Morgan fingerprint density at radius 1 is 1.00 bits per heavy atom. The monoisotopic (exact) mass is 377 g/mol. The number of amides is 1. The Labute approximate surface area is 166 Å². The highest BCUT2D eigenvalue weighted by atomic mass is 16.5. The van der Waals surface area contributed by atoms with Crippen LogP contribution in [-0.2, 0) is 6.54 Å². The predicted molar refractivity (Wildman–Crippen MR) is 112 cm³/mol. The van der Waals surface area contributed by atoms with E-state index in [-0.39, 0.29) is 17.9 Å². The number of benzene rings is 2. The van der Waals surface area contributed by atoms with Gasteiger partial charge in [0.2, 0.25) is 0 Å². The zero-order chi connectivity index (χ0) is 20.3. The fraction of sp³-hybridized carbons (Fsp3) is 0.348. The number of ether oxygens (including phenoxy) is 1. The third-order valence-corrected chi connectivity index (χ3v) is 4.85. The van der Waals surface area contributed by atoms with Crippen molar-refractivity contribution in [1.82, 2.24) is 14.9 Å². The molecule has 0 unspecified atom stereocenters. The van der Waals surface area contributed by atoms with Crippen molar-refractivity contribution in [2.45, 2.75) is 46.2 Å². The van der Waals surface area contributed by atoms with Crippen LogP contribution in [0.4, 0.5) is 0 Å². The summed E-state index contributed by atoms with van der Waals surface area (Å²) in [6.45, 7) is 8.62. The number of carbonyl (C=O) groups excluding carboxylic acids is 1. The van der Waals surface area contributed by atoms with Crippen molar-refractivity contribution in [3.8, 4) is 5.75 Å². The summed E-state index contributed by atoms with van der Waals surface area (Å²) in [6, 6.07) is 12.1. The maximum atomic E-state index is 13.2. The van der Waals surface area contributed by atoms with E-state index in [1.54, 1.807) is 19.5 Å². The van der Waals surface area contributed by atoms with Gasteiger partial charge >= 0.3 is 0 Å². The Balaban J connectivity index is 1.94. The number of carbonyl (C=O) groups is 1. The Bertz CT molecular complexity index is 965. The van der Waals surface area contributed by atoms with E-state index in [0.717, 1.165) is 27.9 Å². The van der Waals surface area contributed by atoms with E-state index in [4.69, 9.17) is 4.74 Å². The molecule has 146 valence electrons. The Morgan fingerprint density at radius 3 is 2.21 bits per heavy atom. The van der Waals surface area contributed by atoms with E-state index >= 15 is 0 Å². The molecule has 1 aromatic heterocycles. The summed E-state index contributed by atoms with van der Waals surface area (Å²) < 4.78 is 5.49. The molecule has 0 bridgehead atoms. The van der Waals surface area contributed by atoms with Gasteiger partial charge in [0, 0.05) is 36.3 Å². The lowest BCUT2D eigenvalue weighted by atomic mass is 10.0. The molecule has 0 saturated heterocycles. The molecule has 3 rings (SSSR count). The van der Waals surface area contributed by atoms with Crippen molar-refractivity contribution in [3.05, 3.63) is 65.7 Å². The van der Waals surface area contributed by atoms with E-state index in [1.807, 2.05) is 62.9 Å². The van der Waals surface area contributed by atoms with Crippen LogP contribution in [0.25, 0.3) is 10.8 Å². The predicted octanol–water partition coefficient (Wildman–Crippen LogP) is 4.81. The Morgan fingerprint density at radius 2 is 1.64 bits per heavy atom. The lowest BCUT2D eigenvalue weighted by Gasteiger charge is -2.27. The highest BCUT2D eigenvalue weighted by Gasteiger charge is 2.21. The third kappa shape index (κ3) is 3.98. The minimum absolute atomic E-state index is 0.0399. The molecular formula is C23H27N3O2. The van der Waals surface area contributed by atoms with Gasteiger partial charge in [0.1, 0.15) is 11.6 Å². The van der Waals surface area contributed by atoms with Crippen molar-refractivity contribution >= 4 is 16.7 Å². The van der Waals surface area contributed by atoms with Crippen molar-refractivity contribution in [2.75, 3.05) is 7.11 Å². The van der Waals surface area contributed by atoms with Gasteiger partial charge in [0.15, 0.2) is 0 Å². The molecule has 0 fully saturated rings. The zero-order valence-corrected chi connectivity index (χ0v) is 17.1. The molecule has 0 radical (unpaired) electrons. The van der Waals surface area contributed by atoms with Crippen LogP contribution < -0.4 is 4.74 Å². The average Bonchev–Trinajstić information content (AvgIpc) is 2.71. The lowest BCUT2D eigenvalue weighted by molar-refractivity contribution is 0.0690. The number of aromatic nitrogens is 2. The molecule has 0 spiro atoms. The first-order valence-corrected chi connectivity index (χ1v) is 9.60. The summed E-state index contributed by atoms with van der Waals surface area (Å²) in [7, 11) is 1.67. The highest BCUT2D eigenvalue weighted by Crippen LogP contribution is 2.29. The fourth-order valence-corrected chi connectivity index (χ4v) is 3.23. The Kier molecular flexibility index (Phi) is 5.93. The summed E-state index contributed by atoms with van der Waals surface area (Å²) in [6.07, 6.45) is 3.26. The number of fused-ring (bicyclic) bond motifs is 1. The van der Waals surface area contributed by atoms with Gasteiger partial charge in [-0.2, -0.15) is 0 Å². The number of methoxy groups -OCH3 is 1. The largest absolute Gasteiger partial charge is 0.496 e. The summed E-state index contributed by atoms with van der Waals surface area (Å²) in [5.41, 5.74) is 1.59. The standard InChI is InChI=1S/C23H27N3O2/c1-15(2)22-24-12-18(13-25-22)23(27)26(16(3)4)14-17-10-11-21(28-5)20-9-7-6-8-19(17)20/h6-13,15-16H,14H2,1-5H3. The minimum Gasteiger partial charge on any atom is -0.496 e. The maximum Gasteiger partial charge on any atom is 0.257 e. The van der Waals surface area contributed by atoms with Crippen molar-refractivity contribution in [1.29, 1.82) is 0 Å². The quantitative estimate of drug-likeness (QED) is 0.618. The molecule has 28 heavy (non-hydrogen) atoms. The van der Waals surface area contributed by atoms with Gasteiger partial charge in [0.25, 0.3) is 5.91 Å². The van der Waals surface area contributed by atoms with Crippen LogP contribution in [0, 0.1) is 0 Å². The van der Waals surface area contributed by atoms with Crippen molar-refractivity contribution < 1.29 is 9.53 Å². The molecule has 2 aromatic carbocycles. The number of hydrogen-bond donors (Lipinski definition) is 0. The van der Waals surface area contributed by atoms with Crippen LogP contribution in [0.2, 0.25) is 0 Å². The first kappa shape index (κ1) is 19.8. The number of hydrogen-bond acceptors (Lipinski definition) is 4. The first-order chi connectivity index (χ1) is 13.4. The molecule has 3 aromatic rings. The molecule has 0 aliphatic carbocycles. The van der Waals surface area contributed by atoms with Crippen LogP contribution in [0.5, 0.6) is 5.75 Å². The summed E-state index contributed by atoms with van der Waals surface area (Å²) in [4.78, 5) is 23.7. The second kappa shape index (κ2) is 8.38. The molecule has 5 nitrogen and oxygen atoms in total. The molecule has 1 amide bonds. The molecule has 0 atom stereocenters. The highest BCUT2D eigenvalue weighted by molar-refractivity contribution is 5.95. The summed E-state index contributed by atoms with van der Waals surface area (Å²) >= 11 is 0. The second-order valence-corrected chi connectivity index (χ2v) is 7.48. The van der Waals surface area contributed by atoms with Crippen LogP contribution in [0.3, 0.4) is 0 Å². The summed E-state index contributed by atoms with van der Waals surface area (Å²) in [5, 5.41) is 2.13. The Hall–Kier alpha value is -2.95. The van der Waals surface area contributed by atoms with Gasteiger partial charge < -0.3 is 9.64 Å². The normalized spacial score (nSPS) is 11.2. The molecule has 0 N–H and O–H groups in total. The van der Waals surface area contributed by atoms with Gasteiger partial charge in [-0.25, -0.2) is 9.97 Å². The minimum atomic E-state index is -0.0646. The van der Waals surface area contributed by atoms with Crippen molar-refractivity contribution in [2.24, 2.45) is 0 Å². The second-order valence-electron chi connectivity index (χ2n) is 7.48. The van der Waals surface area contributed by atoms with Crippen LogP contribution in [0.15, 0.2) is 48.8 Å². The van der Waals surface area contributed by atoms with Crippen LogP contribution in [-0.4, -0.2) is 33.9 Å². The molecule has 0 saturated carbocycles. The molecular weight excluding hydrogens is 350 g/mol. The van der Waals surface area contributed by atoms with Gasteiger partial charge in [-0.1, -0.05) is 44.2 Å². The van der Waals surface area contributed by atoms with Gasteiger partial charge in [0.05, 0.1) is 12.7 Å². The number of rotatable bonds is 6. The molecule has 0 aliphatic rings. The topological polar surface area (TPSA) is 55.3 Å². The molecule has 1 heterocycles.